The van der Waals surface area contributed by atoms with Crippen molar-refractivity contribution in [2.24, 2.45) is 0 Å². The summed E-state index contributed by atoms with van der Waals surface area (Å²) in [6, 6.07) is 7.71. The smallest absolute Gasteiger partial charge is 0.0737 e. The molecule has 3 heteroatoms. The third-order valence-corrected chi connectivity index (χ3v) is 2.44. The average Bonchev–Trinajstić information content (AvgIpc) is 2.25. The molecular formula is C12H12ClN2. The van der Waals surface area contributed by atoms with E-state index in [9.17, 15) is 0 Å². The highest BCUT2D eigenvalue weighted by molar-refractivity contribution is 6.31. The SMILES string of the molecule is C[CH]CNc1ccnc2cc(Cl)ccc12. The molecule has 0 saturated carbocycles. The van der Waals surface area contributed by atoms with Gasteiger partial charge in [0.2, 0.25) is 0 Å². The standard InChI is InChI=1S/C12H12ClN2/c1-2-6-14-11-5-7-15-12-8-9(13)3-4-10(11)12/h2-5,7-8H,6H2,1H3,(H,14,15). The minimum atomic E-state index is 0.717. The zero-order chi connectivity index (χ0) is 10.7. The third-order valence-electron chi connectivity index (χ3n) is 2.20. The maximum Gasteiger partial charge on any atom is 0.0737 e. The van der Waals surface area contributed by atoms with Crippen molar-refractivity contribution in [2.45, 2.75) is 6.92 Å². The molecule has 0 amide bonds. The topological polar surface area (TPSA) is 24.9 Å². The van der Waals surface area contributed by atoms with Crippen molar-refractivity contribution < 1.29 is 0 Å². The van der Waals surface area contributed by atoms with Gasteiger partial charge in [-0.05, 0) is 30.7 Å². The minimum absolute atomic E-state index is 0.717. The van der Waals surface area contributed by atoms with E-state index in [1.807, 2.05) is 31.2 Å². The van der Waals surface area contributed by atoms with E-state index in [1.54, 1.807) is 6.20 Å². The quantitative estimate of drug-likeness (QED) is 0.855. The monoisotopic (exact) mass is 219 g/mol. The molecule has 15 heavy (non-hydrogen) atoms. The van der Waals surface area contributed by atoms with Gasteiger partial charge in [-0.2, -0.15) is 0 Å². The molecule has 0 saturated heterocycles. The second-order valence-electron chi connectivity index (χ2n) is 3.31. The van der Waals surface area contributed by atoms with Crippen LogP contribution in [0.3, 0.4) is 0 Å². The normalized spacial score (nSPS) is 10.5. The summed E-state index contributed by atoms with van der Waals surface area (Å²) in [5.74, 6) is 0. The fourth-order valence-electron chi connectivity index (χ4n) is 1.49. The minimum Gasteiger partial charge on any atom is -0.384 e. The largest absolute Gasteiger partial charge is 0.384 e. The van der Waals surface area contributed by atoms with Crippen LogP contribution in [0.4, 0.5) is 5.69 Å². The van der Waals surface area contributed by atoms with Crippen LogP contribution >= 0.6 is 11.6 Å². The fourth-order valence-corrected chi connectivity index (χ4v) is 1.65. The molecule has 2 rings (SSSR count). The maximum atomic E-state index is 5.91. The molecule has 0 spiro atoms. The predicted molar refractivity (Wildman–Crippen MR) is 65.2 cm³/mol. The molecule has 1 aromatic carbocycles. The van der Waals surface area contributed by atoms with Crippen LogP contribution in [0, 0.1) is 6.42 Å². The van der Waals surface area contributed by atoms with Crippen molar-refractivity contribution in [3.05, 3.63) is 41.9 Å². The van der Waals surface area contributed by atoms with E-state index in [0.29, 0.717) is 5.02 Å². The molecule has 0 unspecified atom stereocenters. The van der Waals surface area contributed by atoms with Crippen LogP contribution in [0.25, 0.3) is 10.9 Å². The second-order valence-corrected chi connectivity index (χ2v) is 3.75. The van der Waals surface area contributed by atoms with E-state index in [-0.39, 0.29) is 0 Å². The first-order chi connectivity index (χ1) is 7.31. The Morgan fingerprint density at radius 3 is 3.07 bits per heavy atom. The highest BCUT2D eigenvalue weighted by atomic mass is 35.5. The lowest BCUT2D eigenvalue weighted by Gasteiger charge is -2.07. The van der Waals surface area contributed by atoms with Gasteiger partial charge in [0.05, 0.1) is 5.52 Å². The van der Waals surface area contributed by atoms with Crippen molar-refractivity contribution in [1.29, 1.82) is 0 Å². The van der Waals surface area contributed by atoms with Gasteiger partial charge < -0.3 is 5.32 Å². The van der Waals surface area contributed by atoms with Crippen LogP contribution < -0.4 is 5.32 Å². The Labute approximate surface area is 94.3 Å². The first-order valence-corrected chi connectivity index (χ1v) is 5.25. The van der Waals surface area contributed by atoms with Crippen molar-refractivity contribution in [1.82, 2.24) is 4.98 Å². The third kappa shape index (κ3) is 2.21. The average molecular weight is 220 g/mol. The summed E-state index contributed by atoms with van der Waals surface area (Å²) in [6.07, 6.45) is 3.86. The van der Waals surface area contributed by atoms with Gasteiger partial charge >= 0.3 is 0 Å². The summed E-state index contributed by atoms with van der Waals surface area (Å²) in [4.78, 5) is 4.28. The van der Waals surface area contributed by atoms with Gasteiger partial charge in [0.25, 0.3) is 0 Å². The zero-order valence-electron chi connectivity index (χ0n) is 8.50. The fraction of sp³-hybridized carbons (Fsp3) is 0.167. The van der Waals surface area contributed by atoms with Crippen LogP contribution in [0.5, 0.6) is 0 Å². The molecule has 0 aliphatic carbocycles. The number of aromatic nitrogens is 1. The summed E-state index contributed by atoms with van der Waals surface area (Å²) in [5, 5.41) is 5.14. The van der Waals surface area contributed by atoms with Crippen molar-refractivity contribution >= 4 is 28.2 Å². The zero-order valence-corrected chi connectivity index (χ0v) is 9.25. The van der Waals surface area contributed by atoms with E-state index in [2.05, 4.69) is 16.7 Å². The first kappa shape index (κ1) is 10.2. The molecule has 2 aromatic rings. The summed E-state index contributed by atoms with van der Waals surface area (Å²) >= 11 is 5.91. The lowest BCUT2D eigenvalue weighted by molar-refractivity contribution is 1.21. The molecule has 0 aliphatic rings. The van der Waals surface area contributed by atoms with E-state index < -0.39 is 0 Å². The Kier molecular flexibility index (Phi) is 3.07. The second kappa shape index (κ2) is 4.49. The predicted octanol–water partition coefficient (Wildman–Crippen LogP) is 3.52. The summed E-state index contributed by atoms with van der Waals surface area (Å²) in [7, 11) is 0. The van der Waals surface area contributed by atoms with Gasteiger partial charge in [0.1, 0.15) is 0 Å². The lowest BCUT2D eigenvalue weighted by Crippen LogP contribution is -2.00. The molecule has 0 fully saturated rings. The van der Waals surface area contributed by atoms with Gasteiger partial charge in [-0.1, -0.05) is 18.5 Å². The first-order valence-electron chi connectivity index (χ1n) is 4.87. The van der Waals surface area contributed by atoms with Gasteiger partial charge in [-0.15, -0.1) is 0 Å². The molecule has 0 aliphatic heterocycles. The maximum absolute atomic E-state index is 5.91. The number of benzene rings is 1. The molecule has 1 radical (unpaired) electrons. The number of hydrogen-bond donors (Lipinski definition) is 1. The van der Waals surface area contributed by atoms with Gasteiger partial charge in [-0.3, -0.25) is 4.98 Å². The highest BCUT2D eigenvalue weighted by Crippen LogP contribution is 2.24. The molecule has 2 nitrogen and oxygen atoms in total. The van der Waals surface area contributed by atoms with Crippen LogP contribution in [-0.4, -0.2) is 11.5 Å². The molecule has 77 valence electrons. The number of fused-ring (bicyclic) bond motifs is 1. The number of pyridine rings is 1. The van der Waals surface area contributed by atoms with E-state index in [4.69, 9.17) is 11.6 Å². The Balaban J connectivity index is 2.46. The Hall–Kier alpha value is -1.28. The van der Waals surface area contributed by atoms with Crippen LogP contribution in [0.15, 0.2) is 30.5 Å². The van der Waals surface area contributed by atoms with Gasteiger partial charge in [-0.25, -0.2) is 0 Å². The van der Waals surface area contributed by atoms with E-state index in [0.717, 1.165) is 23.1 Å². The molecule has 1 heterocycles. The molecule has 1 aromatic heterocycles. The number of nitrogens with one attached hydrogen (secondary N) is 1. The van der Waals surface area contributed by atoms with E-state index in [1.165, 1.54) is 0 Å². The Bertz CT molecular complexity index is 468. The number of halogens is 1. The van der Waals surface area contributed by atoms with Gasteiger partial charge in [0.15, 0.2) is 0 Å². The number of rotatable bonds is 3. The van der Waals surface area contributed by atoms with Crippen LogP contribution in [-0.2, 0) is 0 Å². The lowest BCUT2D eigenvalue weighted by atomic mass is 10.2. The summed E-state index contributed by atoms with van der Waals surface area (Å²) in [6.45, 7) is 2.87. The van der Waals surface area contributed by atoms with Crippen molar-refractivity contribution in [2.75, 3.05) is 11.9 Å². The van der Waals surface area contributed by atoms with Gasteiger partial charge in [0, 0.05) is 28.8 Å². The number of hydrogen-bond acceptors (Lipinski definition) is 2. The molecule has 0 atom stereocenters. The van der Waals surface area contributed by atoms with Crippen molar-refractivity contribution in [3.63, 3.8) is 0 Å². The highest BCUT2D eigenvalue weighted by Gasteiger charge is 2.01. The van der Waals surface area contributed by atoms with Crippen LogP contribution in [0.1, 0.15) is 6.92 Å². The number of nitrogens with zero attached hydrogens (tertiary/aromatic N) is 1. The summed E-state index contributed by atoms with van der Waals surface area (Å²) in [5.41, 5.74) is 2.01. The van der Waals surface area contributed by atoms with Crippen molar-refractivity contribution in [3.8, 4) is 0 Å². The van der Waals surface area contributed by atoms with E-state index >= 15 is 0 Å². The Morgan fingerprint density at radius 1 is 1.40 bits per heavy atom. The van der Waals surface area contributed by atoms with Crippen LogP contribution in [0.2, 0.25) is 5.02 Å². The number of anilines is 1. The Morgan fingerprint density at radius 2 is 2.27 bits per heavy atom. The molecule has 1 N–H and O–H groups in total. The summed E-state index contributed by atoms with van der Waals surface area (Å²) < 4.78 is 0. The molecule has 0 bridgehead atoms. The molecular weight excluding hydrogens is 208 g/mol.